The third-order valence-electron chi connectivity index (χ3n) is 2.91. The van der Waals surface area contributed by atoms with Crippen molar-refractivity contribution >= 4 is 11.4 Å². The number of anilines is 1. The van der Waals surface area contributed by atoms with E-state index in [1.807, 2.05) is 24.3 Å². The maximum Gasteiger partial charge on any atom is 0.310 e. The van der Waals surface area contributed by atoms with Gasteiger partial charge in [0.25, 0.3) is 0 Å². The zero-order valence-electron chi connectivity index (χ0n) is 11.7. The van der Waals surface area contributed by atoms with Crippen molar-refractivity contribution in [2.24, 2.45) is 0 Å². The molecule has 0 unspecified atom stereocenters. The summed E-state index contributed by atoms with van der Waals surface area (Å²) in [6.07, 6.45) is 1.18. The molecule has 1 N–H and O–H groups in total. The van der Waals surface area contributed by atoms with Crippen LogP contribution < -0.4 is 14.8 Å². The number of ether oxygens (including phenoxy) is 2. The molecule has 2 rings (SSSR count). The molecule has 0 aliphatic carbocycles. The quantitative estimate of drug-likeness (QED) is 0.649. The fourth-order valence-corrected chi connectivity index (χ4v) is 1.77. The van der Waals surface area contributed by atoms with Crippen molar-refractivity contribution < 1.29 is 14.4 Å². The first-order chi connectivity index (χ1) is 10.1. The van der Waals surface area contributed by atoms with Gasteiger partial charge in [-0.1, -0.05) is 12.1 Å². The number of hydrogen-bond donors (Lipinski definition) is 1. The summed E-state index contributed by atoms with van der Waals surface area (Å²) in [5, 5.41) is 14.0. The van der Waals surface area contributed by atoms with Gasteiger partial charge in [0.05, 0.1) is 19.1 Å². The summed E-state index contributed by atoms with van der Waals surface area (Å²) < 4.78 is 10.1. The summed E-state index contributed by atoms with van der Waals surface area (Å²) in [6.45, 7) is 0.442. The molecule has 0 fully saturated rings. The molecule has 0 aliphatic heterocycles. The highest BCUT2D eigenvalue weighted by Crippen LogP contribution is 2.27. The first-order valence-corrected chi connectivity index (χ1v) is 6.19. The average Bonchev–Trinajstić information content (AvgIpc) is 2.52. The van der Waals surface area contributed by atoms with Gasteiger partial charge in [0.2, 0.25) is 5.88 Å². The highest BCUT2D eigenvalue weighted by Gasteiger charge is 2.15. The molecule has 0 bridgehead atoms. The third-order valence-corrected chi connectivity index (χ3v) is 2.91. The Labute approximate surface area is 121 Å². The largest absolute Gasteiger partial charge is 0.497 e. The molecule has 0 radical (unpaired) electrons. The molecule has 0 atom stereocenters. The highest BCUT2D eigenvalue weighted by molar-refractivity contribution is 5.62. The van der Waals surface area contributed by atoms with Crippen LogP contribution in [0.4, 0.5) is 11.4 Å². The van der Waals surface area contributed by atoms with E-state index in [-0.39, 0.29) is 5.69 Å². The minimum absolute atomic E-state index is 0.0932. The Morgan fingerprint density at radius 2 is 1.95 bits per heavy atom. The van der Waals surface area contributed by atoms with Gasteiger partial charge < -0.3 is 14.8 Å². The lowest BCUT2D eigenvalue weighted by Crippen LogP contribution is -2.04. The normalized spacial score (nSPS) is 10.0. The molecule has 1 heterocycles. The van der Waals surface area contributed by atoms with Gasteiger partial charge in [0.1, 0.15) is 17.6 Å². The first-order valence-electron chi connectivity index (χ1n) is 6.19. The van der Waals surface area contributed by atoms with Crippen molar-refractivity contribution in [3.63, 3.8) is 0 Å². The molecule has 0 saturated carbocycles. The summed E-state index contributed by atoms with van der Waals surface area (Å²) in [5.74, 6) is 1.08. The van der Waals surface area contributed by atoms with Crippen molar-refractivity contribution in [1.29, 1.82) is 0 Å². The van der Waals surface area contributed by atoms with Gasteiger partial charge in [-0.05, 0) is 17.7 Å². The van der Waals surface area contributed by atoms with E-state index in [0.29, 0.717) is 18.1 Å². The van der Waals surface area contributed by atoms with Crippen molar-refractivity contribution in [3.05, 3.63) is 52.2 Å². The molecule has 7 nitrogen and oxygen atoms in total. The van der Waals surface area contributed by atoms with Gasteiger partial charge in [-0.25, -0.2) is 4.98 Å². The number of rotatable bonds is 6. The predicted molar refractivity (Wildman–Crippen MR) is 77.8 cm³/mol. The fourth-order valence-electron chi connectivity index (χ4n) is 1.77. The fraction of sp³-hybridized carbons (Fsp3) is 0.214. The van der Waals surface area contributed by atoms with Gasteiger partial charge in [-0.2, -0.15) is 0 Å². The molecule has 1 aromatic carbocycles. The zero-order valence-corrected chi connectivity index (χ0v) is 11.7. The van der Waals surface area contributed by atoms with E-state index in [0.717, 1.165) is 11.3 Å². The molecular formula is C14H15N3O4. The second-order valence-corrected chi connectivity index (χ2v) is 4.20. The first kappa shape index (κ1) is 14.6. The maximum absolute atomic E-state index is 11.0. The smallest absolute Gasteiger partial charge is 0.310 e. The maximum atomic E-state index is 11.0. The van der Waals surface area contributed by atoms with E-state index in [1.54, 1.807) is 7.11 Å². The summed E-state index contributed by atoms with van der Waals surface area (Å²) >= 11 is 0. The Morgan fingerprint density at radius 1 is 1.24 bits per heavy atom. The van der Waals surface area contributed by atoms with Crippen LogP contribution in [0.3, 0.4) is 0 Å². The minimum Gasteiger partial charge on any atom is -0.497 e. The van der Waals surface area contributed by atoms with Crippen LogP contribution in [-0.4, -0.2) is 24.1 Å². The van der Waals surface area contributed by atoms with Crippen LogP contribution in [0.15, 0.2) is 36.5 Å². The summed E-state index contributed by atoms with van der Waals surface area (Å²) in [5.41, 5.74) is 1.24. The van der Waals surface area contributed by atoms with Crippen molar-refractivity contribution in [1.82, 2.24) is 4.98 Å². The molecule has 0 spiro atoms. The van der Waals surface area contributed by atoms with E-state index in [4.69, 9.17) is 9.47 Å². The van der Waals surface area contributed by atoms with Crippen LogP contribution in [0.25, 0.3) is 0 Å². The number of aromatic nitrogens is 1. The minimum atomic E-state index is -0.483. The van der Waals surface area contributed by atoms with Gasteiger partial charge in [0.15, 0.2) is 0 Å². The Kier molecular flexibility index (Phi) is 4.55. The average molecular weight is 289 g/mol. The van der Waals surface area contributed by atoms with Crippen molar-refractivity contribution in [3.8, 4) is 11.6 Å². The van der Waals surface area contributed by atoms with Crippen molar-refractivity contribution in [2.45, 2.75) is 6.54 Å². The molecule has 0 amide bonds. The Hall–Kier alpha value is -2.83. The molecule has 2 aromatic rings. The third kappa shape index (κ3) is 3.59. The number of nitrogens with one attached hydrogen (secondary N) is 1. The lowest BCUT2D eigenvalue weighted by molar-refractivity contribution is -0.384. The molecule has 7 heteroatoms. The highest BCUT2D eigenvalue weighted by atomic mass is 16.6. The van der Waals surface area contributed by atoms with E-state index in [9.17, 15) is 10.1 Å². The Balaban J connectivity index is 2.15. The second-order valence-electron chi connectivity index (χ2n) is 4.20. The van der Waals surface area contributed by atoms with Crippen LogP contribution in [0.5, 0.6) is 11.6 Å². The second kappa shape index (κ2) is 6.56. The number of nitro groups is 1. The number of hydrogen-bond acceptors (Lipinski definition) is 6. The van der Waals surface area contributed by atoms with Crippen LogP contribution >= 0.6 is 0 Å². The predicted octanol–water partition coefficient (Wildman–Crippen LogP) is 2.62. The van der Waals surface area contributed by atoms with Crippen LogP contribution in [0.2, 0.25) is 0 Å². The monoisotopic (exact) mass is 289 g/mol. The molecule has 0 saturated heterocycles. The molecule has 1 aromatic heterocycles. The van der Waals surface area contributed by atoms with E-state index in [2.05, 4.69) is 10.3 Å². The van der Waals surface area contributed by atoms with Crippen molar-refractivity contribution in [2.75, 3.05) is 19.5 Å². The molecule has 110 valence electrons. The molecule has 21 heavy (non-hydrogen) atoms. The Bertz CT molecular complexity index is 629. The van der Waals surface area contributed by atoms with Crippen LogP contribution in [0, 0.1) is 10.1 Å². The number of benzene rings is 1. The molecular weight excluding hydrogens is 274 g/mol. The summed E-state index contributed by atoms with van der Waals surface area (Å²) in [6, 6.07) is 8.94. The van der Waals surface area contributed by atoms with Gasteiger partial charge in [0, 0.05) is 12.6 Å². The van der Waals surface area contributed by atoms with Gasteiger partial charge in [-0.3, -0.25) is 10.1 Å². The lowest BCUT2D eigenvalue weighted by atomic mass is 10.2. The van der Waals surface area contributed by atoms with E-state index >= 15 is 0 Å². The number of pyridine rings is 1. The number of nitrogens with zero attached hydrogens (tertiary/aromatic N) is 2. The van der Waals surface area contributed by atoms with Crippen LogP contribution in [0.1, 0.15) is 5.56 Å². The van der Waals surface area contributed by atoms with E-state index < -0.39 is 4.92 Å². The summed E-state index contributed by atoms with van der Waals surface area (Å²) in [4.78, 5) is 14.3. The SMILES string of the molecule is COc1ccc(CNc2cc(OC)ncc2[N+](=O)[O-])cc1. The summed E-state index contributed by atoms with van der Waals surface area (Å²) in [7, 11) is 3.06. The standard InChI is InChI=1S/C14H15N3O4/c1-20-11-5-3-10(4-6-11)8-15-12-7-14(21-2)16-9-13(12)17(18)19/h3-7,9H,8H2,1-2H3,(H,15,16). The Morgan fingerprint density at radius 3 is 2.52 bits per heavy atom. The van der Waals surface area contributed by atoms with Crippen LogP contribution in [-0.2, 0) is 6.54 Å². The molecule has 0 aliphatic rings. The zero-order chi connectivity index (χ0) is 15.2. The topological polar surface area (TPSA) is 86.5 Å². The van der Waals surface area contributed by atoms with E-state index in [1.165, 1.54) is 19.4 Å². The van der Waals surface area contributed by atoms with Gasteiger partial charge in [-0.15, -0.1) is 0 Å². The number of methoxy groups -OCH3 is 2. The lowest BCUT2D eigenvalue weighted by Gasteiger charge is -2.09. The van der Waals surface area contributed by atoms with Gasteiger partial charge >= 0.3 is 5.69 Å².